The van der Waals surface area contributed by atoms with Gasteiger partial charge in [-0.2, -0.15) is 13.2 Å². The number of benzene rings is 1. The number of hydrogen-bond donors (Lipinski definition) is 0. The molecule has 1 saturated heterocycles. The maximum absolute atomic E-state index is 12.9. The van der Waals surface area contributed by atoms with E-state index in [4.69, 9.17) is 0 Å². The van der Waals surface area contributed by atoms with Gasteiger partial charge in [-0.15, -0.1) is 0 Å². The molecule has 1 aliphatic heterocycles. The van der Waals surface area contributed by atoms with Crippen LogP contribution < -0.4 is 4.90 Å². The lowest BCUT2D eigenvalue weighted by Gasteiger charge is -2.36. The molecule has 1 saturated carbocycles. The molecule has 0 atom stereocenters. The number of piperazine rings is 1. The predicted molar refractivity (Wildman–Crippen MR) is 83.6 cm³/mol. The number of nitrogens with zero attached hydrogens (tertiary/aromatic N) is 3. The van der Waals surface area contributed by atoms with Crippen molar-refractivity contribution in [1.82, 2.24) is 9.88 Å². The van der Waals surface area contributed by atoms with Crippen LogP contribution in [0.15, 0.2) is 30.5 Å². The van der Waals surface area contributed by atoms with Crippen LogP contribution in [0.5, 0.6) is 0 Å². The van der Waals surface area contributed by atoms with Gasteiger partial charge in [0.2, 0.25) is 0 Å². The Morgan fingerprint density at radius 2 is 1.74 bits per heavy atom. The second-order valence-corrected chi connectivity index (χ2v) is 6.31. The molecule has 3 nitrogen and oxygen atoms in total. The van der Waals surface area contributed by atoms with Crippen molar-refractivity contribution in [3.05, 3.63) is 36.0 Å². The number of aromatic nitrogens is 1. The average molecular weight is 321 g/mol. The fourth-order valence-electron chi connectivity index (χ4n) is 3.35. The normalized spacial score (nSPS) is 20.2. The molecule has 2 fully saturated rings. The summed E-state index contributed by atoms with van der Waals surface area (Å²) < 4.78 is 38.6. The molecule has 122 valence electrons. The Morgan fingerprint density at radius 3 is 2.39 bits per heavy atom. The number of halogens is 3. The number of anilines is 1. The van der Waals surface area contributed by atoms with Gasteiger partial charge in [0, 0.05) is 49.5 Å². The van der Waals surface area contributed by atoms with E-state index in [2.05, 4.69) is 14.8 Å². The lowest BCUT2D eigenvalue weighted by molar-refractivity contribution is -0.137. The van der Waals surface area contributed by atoms with Crippen molar-refractivity contribution in [1.29, 1.82) is 0 Å². The Labute approximate surface area is 132 Å². The minimum atomic E-state index is -4.33. The topological polar surface area (TPSA) is 19.4 Å². The van der Waals surface area contributed by atoms with Crippen LogP contribution in [-0.4, -0.2) is 42.1 Å². The second-order valence-electron chi connectivity index (χ2n) is 6.31. The van der Waals surface area contributed by atoms with Crippen molar-refractivity contribution < 1.29 is 13.2 Å². The Bertz CT molecular complexity index is 717. The number of pyridine rings is 1. The number of hydrogen-bond acceptors (Lipinski definition) is 3. The maximum atomic E-state index is 12.9. The first-order valence-corrected chi connectivity index (χ1v) is 7.97. The first kappa shape index (κ1) is 14.8. The van der Waals surface area contributed by atoms with E-state index in [9.17, 15) is 13.2 Å². The fraction of sp³-hybridized carbons (Fsp3) is 0.471. The third-order valence-electron chi connectivity index (χ3n) is 4.77. The average Bonchev–Trinajstić information content (AvgIpc) is 3.38. The quantitative estimate of drug-likeness (QED) is 0.843. The Hall–Kier alpha value is -1.82. The van der Waals surface area contributed by atoms with Crippen molar-refractivity contribution in [2.24, 2.45) is 0 Å². The highest BCUT2D eigenvalue weighted by Gasteiger charge is 2.32. The molecule has 1 aliphatic carbocycles. The largest absolute Gasteiger partial charge is 0.416 e. The van der Waals surface area contributed by atoms with Crippen LogP contribution in [0.4, 0.5) is 18.9 Å². The predicted octanol–water partition coefficient (Wildman–Crippen LogP) is 3.54. The third kappa shape index (κ3) is 2.87. The van der Waals surface area contributed by atoms with E-state index in [1.807, 2.05) is 6.07 Å². The molecule has 0 spiro atoms. The maximum Gasteiger partial charge on any atom is 0.416 e. The second kappa shape index (κ2) is 5.37. The molecule has 2 heterocycles. The van der Waals surface area contributed by atoms with Gasteiger partial charge in [0.15, 0.2) is 0 Å². The fourth-order valence-corrected chi connectivity index (χ4v) is 3.35. The van der Waals surface area contributed by atoms with Crippen LogP contribution in [0.2, 0.25) is 0 Å². The van der Waals surface area contributed by atoms with E-state index in [0.717, 1.165) is 55.4 Å². The van der Waals surface area contributed by atoms with E-state index in [-0.39, 0.29) is 0 Å². The van der Waals surface area contributed by atoms with E-state index >= 15 is 0 Å². The van der Waals surface area contributed by atoms with E-state index in [0.29, 0.717) is 5.52 Å². The first-order chi connectivity index (χ1) is 11.0. The molecule has 0 unspecified atom stereocenters. The number of fused-ring (bicyclic) bond motifs is 1. The van der Waals surface area contributed by atoms with Gasteiger partial charge < -0.3 is 4.90 Å². The number of rotatable bonds is 2. The lowest BCUT2D eigenvalue weighted by Crippen LogP contribution is -2.47. The zero-order chi connectivity index (χ0) is 16.0. The van der Waals surface area contributed by atoms with Crippen molar-refractivity contribution >= 4 is 16.6 Å². The van der Waals surface area contributed by atoms with Gasteiger partial charge in [0.25, 0.3) is 0 Å². The molecule has 0 amide bonds. The Morgan fingerprint density at radius 1 is 1.00 bits per heavy atom. The van der Waals surface area contributed by atoms with Crippen LogP contribution in [0.1, 0.15) is 18.4 Å². The lowest BCUT2D eigenvalue weighted by atomic mass is 10.1. The molecule has 23 heavy (non-hydrogen) atoms. The molecule has 0 radical (unpaired) electrons. The highest BCUT2D eigenvalue weighted by Crippen LogP contribution is 2.34. The highest BCUT2D eigenvalue weighted by atomic mass is 19.4. The summed E-state index contributed by atoms with van der Waals surface area (Å²) in [5, 5.41) is 0.792. The summed E-state index contributed by atoms with van der Waals surface area (Å²) in [5.74, 6) is 0. The van der Waals surface area contributed by atoms with Crippen LogP contribution in [-0.2, 0) is 6.18 Å². The summed E-state index contributed by atoms with van der Waals surface area (Å²) in [6.45, 7) is 3.87. The molecule has 4 rings (SSSR count). The van der Waals surface area contributed by atoms with Gasteiger partial charge in [0.05, 0.1) is 11.1 Å². The summed E-state index contributed by atoms with van der Waals surface area (Å²) >= 11 is 0. The van der Waals surface area contributed by atoms with Gasteiger partial charge in [-0.3, -0.25) is 9.88 Å². The van der Waals surface area contributed by atoms with Gasteiger partial charge in [-0.05, 0) is 31.0 Å². The molecular weight excluding hydrogens is 303 g/mol. The molecule has 0 bridgehead atoms. The molecule has 2 aliphatic rings. The molecule has 2 aromatic rings. The molecule has 1 aromatic carbocycles. The molecule has 0 N–H and O–H groups in total. The van der Waals surface area contributed by atoms with Gasteiger partial charge in [-0.25, -0.2) is 0 Å². The van der Waals surface area contributed by atoms with Crippen LogP contribution in [0, 0.1) is 0 Å². The van der Waals surface area contributed by atoms with Crippen molar-refractivity contribution in [2.75, 3.05) is 31.1 Å². The zero-order valence-electron chi connectivity index (χ0n) is 12.7. The van der Waals surface area contributed by atoms with E-state index in [1.165, 1.54) is 12.8 Å². The first-order valence-electron chi connectivity index (χ1n) is 7.97. The van der Waals surface area contributed by atoms with Gasteiger partial charge in [-0.1, -0.05) is 6.07 Å². The molecule has 1 aromatic heterocycles. The smallest absolute Gasteiger partial charge is 0.368 e. The summed E-state index contributed by atoms with van der Waals surface area (Å²) in [4.78, 5) is 8.90. The summed E-state index contributed by atoms with van der Waals surface area (Å²) in [5.41, 5.74) is 0.745. The van der Waals surface area contributed by atoms with Crippen molar-refractivity contribution in [2.45, 2.75) is 25.1 Å². The Balaban J connectivity index is 1.62. The summed E-state index contributed by atoms with van der Waals surface area (Å²) in [7, 11) is 0. The monoisotopic (exact) mass is 321 g/mol. The third-order valence-corrected chi connectivity index (χ3v) is 4.77. The molecular formula is C17H18F3N3. The summed E-state index contributed by atoms with van der Waals surface area (Å²) in [6.07, 6.45) is -0.121. The van der Waals surface area contributed by atoms with E-state index in [1.54, 1.807) is 12.3 Å². The zero-order valence-corrected chi connectivity index (χ0v) is 12.7. The standard InChI is InChI=1S/C17H18F3N3/c18-17(19,20)12-1-4-14-15(11-12)21-6-5-16(14)23-9-7-22(8-10-23)13-2-3-13/h1,4-6,11,13H,2-3,7-10H2. The SMILES string of the molecule is FC(F)(F)c1ccc2c(N3CCN(C4CC4)CC3)ccnc2c1. The van der Waals surface area contributed by atoms with Gasteiger partial charge >= 0.3 is 6.18 Å². The minimum Gasteiger partial charge on any atom is -0.368 e. The van der Waals surface area contributed by atoms with Crippen LogP contribution >= 0.6 is 0 Å². The van der Waals surface area contributed by atoms with Crippen molar-refractivity contribution in [3.8, 4) is 0 Å². The highest BCUT2D eigenvalue weighted by molar-refractivity contribution is 5.92. The molecule has 6 heteroatoms. The number of alkyl halides is 3. The van der Waals surface area contributed by atoms with Gasteiger partial charge in [0.1, 0.15) is 0 Å². The Kier molecular flexibility index (Phi) is 3.44. The summed E-state index contributed by atoms with van der Waals surface area (Å²) in [6, 6.07) is 6.50. The van der Waals surface area contributed by atoms with E-state index < -0.39 is 11.7 Å². The van der Waals surface area contributed by atoms with Crippen molar-refractivity contribution in [3.63, 3.8) is 0 Å². The van der Waals surface area contributed by atoms with Crippen LogP contribution in [0.3, 0.4) is 0 Å². The minimum absolute atomic E-state index is 0.405. The van der Waals surface area contributed by atoms with Crippen LogP contribution in [0.25, 0.3) is 10.9 Å².